The van der Waals surface area contributed by atoms with Crippen LogP contribution in [0.1, 0.15) is 17.7 Å². The van der Waals surface area contributed by atoms with Crippen molar-refractivity contribution in [1.82, 2.24) is 14.5 Å². The van der Waals surface area contributed by atoms with Gasteiger partial charge in [0.25, 0.3) is 5.56 Å². The molecule has 0 aliphatic heterocycles. The summed E-state index contributed by atoms with van der Waals surface area (Å²) in [5, 5.41) is 4.62. The number of aryl methyl sites for hydroxylation is 2. The van der Waals surface area contributed by atoms with Crippen LogP contribution in [0.2, 0.25) is 10.0 Å². The van der Waals surface area contributed by atoms with E-state index in [9.17, 15) is 13.2 Å². The number of hydrogen-bond donors (Lipinski definition) is 1. The second-order valence-corrected chi connectivity index (χ2v) is 8.24. The van der Waals surface area contributed by atoms with Crippen LogP contribution in [0.5, 0.6) is 0 Å². The molecule has 1 aliphatic rings. The molecule has 1 heterocycles. The lowest BCUT2D eigenvalue weighted by Crippen LogP contribution is -2.40. The Hall–Kier alpha value is -1.41. The Balaban J connectivity index is 1.85. The zero-order valence-electron chi connectivity index (χ0n) is 12.8. The summed E-state index contributed by atoms with van der Waals surface area (Å²) >= 11 is 11.9. The van der Waals surface area contributed by atoms with Crippen LogP contribution in [-0.4, -0.2) is 24.2 Å². The number of rotatable bonds is 3. The van der Waals surface area contributed by atoms with Gasteiger partial charge in [-0.05, 0) is 43.0 Å². The summed E-state index contributed by atoms with van der Waals surface area (Å²) < 4.78 is 29.1. The van der Waals surface area contributed by atoms with E-state index >= 15 is 0 Å². The molecule has 6 nitrogen and oxygen atoms in total. The number of hydrogen-bond acceptors (Lipinski definition) is 4. The summed E-state index contributed by atoms with van der Waals surface area (Å²) in [6.07, 6.45) is 1.60. The molecule has 2 aromatic rings. The predicted octanol–water partition coefficient (Wildman–Crippen LogP) is 1.92. The monoisotopic (exact) mass is 387 g/mol. The summed E-state index contributed by atoms with van der Waals surface area (Å²) in [7, 11) is -2.21. The molecule has 0 radical (unpaired) electrons. The van der Waals surface area contributed by atoms with Gasteiger partial charge in [0.1, 0.15) is 4.90 Å². The van der Waals surface area contributed by atoms with Gasteiger partial charge >= 0.3 is 0 Å². The molecule has 9 heteroatoms. The van der Waals surface area contributed by atoms with Crippen LogP contribution in [0.4, 0.5) is 0 Å². The minimum Gasteiger partial charge on any atom is -0.268 e. The summed E-state index contributed by atoms with van der Waals surface area (Å²) in [5.41, 5.74) is 1.39. The quantitative estimate of drug-likeness (QED) is 0.871. The van der Waals surface area contributed by atoms with Gasteiger partial charge in [-0.25, -0.2) is 17.8 Å². The van der Waals surface area contributed by atoms with Crippen molar-refractivity contribution in [2.45, 2.75) is 30.2 Å². The van der Waals surface area contributed by atoms with Crippen molar-refractivity contribution in [3.63, 3.8) is 0 Å². The van der Waals surface area contributed by atoms with Crippen molar-refractivity contribution in [2.75, 3.05) is 0 Å². The van der Waals surface area contributed by atoms with E-state index in [1.54, 1.807) is 7.05 Å². The fourth-order valence-electron chi connectivity index (χ4n) is 2.75. The fraction of sp³-hybridized carbons (Fsp3) is 0.333. The normalized spacial score (nSPS) is 17.5. The zero-order valence-corrected chi connectivity index (χ0v) is 15.1. The molecule has 0 bridgehead atoms. The molecular formula is C15H15Cl2N3O3S. The minimum atomic E-state index is -3.80. The Kier molecular flexibility index (Phi) is 4.70. The molecule has 1 aromatic heterocycles. The lowest BCUT2D eigenvalue weighted by atomic mass is 9.93. The van der Waals surface area contributed by atoms with Crippen molar-refractivity contribution in [3.05, 3.63) is 55.9 Å². The average Bonchev–Trinajstić information content (AvgIpc) is 2.50. The highest BCUT2D eigenvalue weighted by Gasteiger charge is 2.27. The van der Waals surface area contributed by atoms with Gasteiger partial charge < -0.3 is 0 Å². The Labute approximate surface area is 149 Å². The van der Waals surface area contributed by atoms with Crippen LogP contribution < -0.4 is 10.3 Å². The fourth-order valence-corrected chi connectivity index (χ4v) is 4.79. The number of nitrogens with one attached hydrogen (secondary N) is 1. The first-order valence-corrected chi connectivity index (χ1v) is 9.53. The van der Waals surface area contributed by atoms with Crippen LogP contribution in [0, 0.1) is 0 Å². The molecule has 24 heavy (non-hydrogen) atoms. The van der Waals surface area contributed by atoms with Gasteiger partial charge in [0, 0.05) is 24.2 Å². The van der Waals surface area contributed by atoms with Crippen molar-refractivity contribution >= 4 is 33.2 Å². The molecule has 3 rings (SSSR count). The molecule has 128 valence electrons. The van der Waals surface area contributed by atoms with Gasteiger partial charge in [-0.2, -0.15) is 5.10 Å². The summed E-state index contributed by atoms with van der Waals surface area (Å²) in [6.45, 7) is 0. The largest absolute Gasteiger partial charge is 0.268 e. The smallest absolute Gasteiger partial charge is 0.266 e. The highest BCUT2D eigenvalue weighted by Crippen LogP contribution is 2.26. The molecule has 1 aromatic carbocycles. The molecule has 0 saturated carbocycles. The highest BCUT2D eigenvalue weighted by molar-refractivity contribution is 7.89. The topological polar surface area (TPSA) is 81.1 Å². The molecule has 0 fully saturated rings. The maximum atomic E-state index is 12.6. The molecule has 1 atom stereocenters. The third-order valence-electron chi connectivity index (χ3n) is 3.96. The maximum Gasteiger partial charge on any atom is 0.266 e. The molecule has 0 amide bonds. The van der Waals surface area contributed by atoms with Crippen LogP contribution in [0.25, 0.3) is 0 Å². The second-order valence-electron chi connectivity index (χ2n) is 5.71. The SMILES string of the molecule is Cn1nc2c(cc1=O)CC(NS(=O)(=O)c1cc(Cl)ccc1Cl)CC2. The van der Waals surface area contributed by atoms with Gasteiger partial charge in [-0.1, -0.05) is 23.2 Å². The van der Waals surface area contributed by atoms with E-state index in [1.165, 1.54) is 28.9 Å². The van der Waals surface area contributed by atoms with Crippen molar-refractivity contribution < 1.29 is 8.42 Å². The maximum absolute atomic E-state index is 12.6. The van der Waals surface area contributed by atoms with E-state index < -0.39 is 10.0 Å². The average molecular weight is 388 g/mol. The predicted molar refractivity (Wildman–Crippen MR) is 92.1 cm³/mol. The van der Waals surface area contributed by atoms with Gasteiger partial charge in [0.05, 0.1) is 10.7 Å². The lowest BCUT2D eigenvalue weighted by Gasteiger charge is -2.24. The number of aromatic nitrogens is 2. The van der Waals surface area contributed by atoms with Crippen LogP contribution in [0.15, 0.2) is 34.0 Å². The minimum absolute atomic E-state index is 0.0513. The first-order chi connectivity index (χ1) is 11.3. The Morgan fingerprint density at radius 1 is 1.29 bits per heavy atom. The zero-order chi connectivity index (χ0) is 17.5. The molecule has 0 saturated heterocycles. The molecule has 1 unspecified atom stereocenters. The number of halogens is 2. The standard InChI is InChI=1S/C15H15Cl2N3O3S/c1-20-15(21)7-9-6-11(3-5-13(9)18-20)19-24(22,23)14-8-10(16)2-4-12(14)17/h2,4,7-8,11,19H,3,5-6H2,1H3. The number of benzene rings is 1. The van der Waals surface area contributed by atoms with Gasteiger partial charge in [0.15, 0.2) is 0 Å². The van der Waals surface area contributed by atoms with Gasteiger partial charge in [-0.15, -0.1) is 0 Å². The van der Waals surface area contributed by atoms with Crippen molar-refractivity contribution in [3.8, 4) is 0 Å². The van der Waals surface area contributed by atoms with E-state index in [0.29, 0.717) is 24.3 Å². The van der Waals surface area contributed by atoms with E-state index in [1.807, 2.05) is 0 Å². The Morgan fingerprint density at radius 3 is 2.79 bits per heavy atom. The third-order valence-corrected chi connectivity index (χ3v) is 6.20. The summed E-state index contributed by atoms with van der Waals surface area (Å²) in [4.78, 5) is 11.7. The number of fused-ring (bicyclic) bond motifs is 1. The first-order valence-electron chi connectivity index (χ1n) is 7.30. The second kappa shape index (κ2) is 6.48. The molecule has 0 spiro atoms. The third kappa shape index (κ3) is 3.49. The summed E-state index contributed by atoms with van der Waals surface area (Å²) in [5.74, 6) is 0. The van der Waals surface area contributed by atoms with Gasteiger partial charge in [0.2, 0.25) is 10.0 Å². The Morgan fingerprint density at radius 2 is 2.04 bits per heavy atom. The highest BCUT2D eigenvalue weighted by atomic mass is 35.5. The van der Waals surface area contributed by atoms with E-state index in [0.717, 1.165) is 11.3 Å². The van der Waals surface area contributed by atoms with Crippen molar-refractivity contribution in [1.29, 1.82) is 0 Å². The number of sulfonamides is 1. The molecule has 1 N–H and O–H groups in total. The molecular weight excluding hydrogens is 373 g/mol. The number of nitrogens with zero attached hydrogens (tertiary/aromatic N) is 2. The lowest BCUT2D eigenvalue weighted by molar-refractivity contribution is 0.492. The van der Waals surface area contributed by atoms with E-state index in [2.05, 4.69) is 9.82 Å². The summed E-state index contributed by atoms with van der Waals surface area (Å²) in [6, 6.07) is 5.48. The van der Waals surface area contributed by atoms with E-state index in [-0.39, 0.29) is 21.5 Å². The van der Waals surface area contributed by atoms with Gasteiger partial charge in [-0.3, -0.25) is 4.79 Å². The van der Waals surface area contributed by atoms with Crippen molar-refractivity contribution in [2.24, 2.45) is 7.05 Å². The van der Waals surface area contributed by atoms with Crippen LogP contribution in [0.3, 0.4) is 0 Å². The first kappa shape index (κ1) is 17.4. The van der Waals surface area contributed by atoms with Crippen LogP contribution in [-0.2, 0) is 29.9 Å². The van der Waals surface area contributed by atoms with E-state index in [4.69, 9.17) is 23.2 Å². The molecule has 1 aliphatic carbocycles. The van der Waals surface area contributed by atoms with Crippen LogP contribution >= 0.6 is 23.2 Å². The Bertz CT molecular complexity index is 957.